The third kappa shape index (κ3) is 4.36. The first-order valence-corrected chi connectivity index (χ1v) is 12.3. The largest absolute Gasteiger partial charge is 0.427 e. The monoisotopic (exact) mass is 449 g/mol. The van der Waals surface area contributed by atoms with Gasteiger partial charge >= 0.3 is 14.3 Å². The molecule has 0 aliphatic heterocycles. The number of rotatable bonds is 2. The molecule has 0 atom stereocenters. The van der Waals surface area contributed by atoms with Crippen LogP contribution in [0.4, 0.5) is 0 Å². The highest BCUT2D eigenvalue weighted by Crippen LogP contribution is 2.30. The van der Waals surface area contributed by atoms with Crippen LogP contribution in [-0.4, -0.2) is 21.8 Å². The van der Waals surface area contributed by atoms with Crippen molar-refractivity contribution < 1.29 is 21.3 Å². The lowest BCUT2D eigenvalue weighted by atomic mass is 10.3. The highest BCUT2D eigenvalue weighted by molar-refractivity contribution is 8.15. The molecule has 2 aromatic carbocycles. The van der Waals surface area contributed by atoms with E-state index in [0.717, 1.165) is 10.1 Å². The third-order valence-corrected chi connectivity index (χ3v) is 7.30. The van der Waals surface area contributed by atoms with E-state index in [1.54, 1.807) is 30.3 Å². The molecule has 0 radical (unpaired) electrons. The van der Waals surface area contributed by atoms with Crippen molar-refractivity contribution in [1.82, 2.24) is 4.98 Å². The molecule has 4 aromatic rings. The number of benzene rings is 2. The van der Waals surface area contributed by atoms with Crippen LogP contribution >= 0.6 is 32.7 Å². The summed E-state index contributed by atoms with van der Waals surface area (Å²) in [7, 11) is 2.81. The Balaban J connectivity index is 0.000000151. The van der Waals surface area contributed by atoms with Gasteiger partial charge in [-0.15, -0.1) is 11.3 Å². The van der Waals surface area contributed by atoms with Gasteiger partial charge in [-0.05, 0) is 29.7 Å². The zero-order valence-corrected chi connectivity index (χ0v) is 16.6. The highest BCUT2D eigenvalue weighted by atomic mass is 35.7. The van der Waals surface area contributed by atoms with E-state index in [0.29, 0.717) is 11.1 Å². The predicted octanol–water partition coefficient (Wildman–Crippen LogP) is 4.58. The molecule has 0 aliphatic carbocycles. The van der Waals surface area contributed by atoms with Crippen LogP contribution in [0.15, 0.2) is 68.4 Å². The topological polar surface area (TPSA) is 94.3 Å². The van der Waals surface area contributed by atoms with E-state index in [-0.39, 0.29) is 4.21 Å². The van der Waals surface area contributed by atoms with Gasteiger partial charge in [-0.1, -0.05) is 30.3 Å². The number of hydrogen-bond donors (Lipinski definition) is 0. The summed E-state index contributed by atoms with van der Waals surface area (Å²) in [4.78, 5) is 3.70. The average Bonchev–Trinajstić information content (AvgIpc) is 3.19. The molecule has 26 heavy (non-hydrogen) atoms. The SMILES string of the molecule is O=S(=O)(Cl)c1cc2ccccc2s1.O=S(=O)(Cl)c1nc2ccccc2o1. The van der Waals surface area contributed by atoms with Crippen LogP contribution in [0, 0.1) is 0 Å². The molecular formula is C15H9Cl2NO5S3. The summed E-state index contributed by atoms with van der Waals surface area (Å²) in [5, 5.41) is 0.446. The maximum absolute atomic E-state index is 11.0. The lowest BCUT2D eigenvalue weighted by Crippen LogP contribution is -1.88. The first kappa shape index (κ1) is 19.1. The van der Waals surface area contributed by atoms with Crippen LogP contribution in [0.1, 0.15) is 0 Å². The molecule has 136 valence electrons. The summed E-state index contributed by atoms with van der Waals surface area (Å²) in [6.45, 7) is 0. The number of oxazole rings is 1. The molecule has 0 N–H and O–H groups in total. The number of aromatic nitrogens is 1. The van der Waals surface area contributed by atoms with Gasteiger partial charge in [-0.2, -0.15) is 4.98 Å². The van der Waals surface area contributed by atoms with Gasteiger partial charge in [0.2, 0.25) is 0 Å². The Morgan fingerprint density at radius 2 is 1.54 bits per heavy atom. The molecule has 11 heteroatoms. The number of para-hydroxylation sites is 2. The molecule has 0 aliphatic rings. The van der Waals surface area contributed by atoms with E-state index in [9.17, 15) is 16.8 Å². The Morgan fingerprint density at radius 1 is 0.885 bits per heavy atom. The second-order valence-corrected chi connectivity index (χ2v) is 11.2. The minimum atomic E-state index is -3.87. The van der Waals surface area contributed by atoms with Crippen molar-refractivity contribution in [3.63, 3.8) is 0 Å². The molecule has 0 saturated heterocycles. The normalized spacial score (nSPS) is 12.1. The van der Waals surface area contributed by atoms with Gasteiger partial charge in [0.1, 0.15) is 9.73 Å². The van der Waals surface area contributed by atoms with E-state index >= 15 is 0 Å². The maximum Gasteiger partial charge on any atom is 0.332 e. The molecule has 2 heterocycles. The van der Waals surface area contributed by atoms with E-state index in [2.05, 4.69) is 4.98 Å². The van der Waals surface area contributed by atoms with Gasteiger partial charge in [0.05, 0.1) is 0 Å². The van der Waals surface area contributed by atoms with Gasteiger partial charge < -0.3 is 4.42 Å². The fourth-order valence-electron chi connectivity index (χ4n) is 2.03. The second-order valence-electron chi connectivity index (χ2n) is 4.93. The molecule has 0 saturated carbocycles. The lowest BCUT2D eigenvalue weighted by molar-refractivity contribution is 0.464. The van der Waals surface area contributed by atoms with Gasteiger partial charge in [-0.3, -0.25) is 0 Å². The molecule has 0 fully saturated rings. The predicted molar refractivity (Wildman–Crippen MR) is 102 cm³/mol. The van der Waals surface area contributed by atoms with Crippen LogP contribution in [0.3, 0.4) is 0 Å². The Kier molecular flexibility index (Phi) is 5.27. The standard InChI is InChI=1S/C8H5ClO2S2.C7H4ClNO3S/c9-13(10,11)8-5-6-3-1-2-4-7(6)12-8;8-13(10,11)7-9-5-3-1-2-4-6(5)12-7/h1-5H;1-4H. The van der Waals surface area contributed by atoms with Crippen molar-refractivity contribution in [2.75, 3.05) is 0 Å². The molecule has 0 amide bonds. The van der Waals surface area contributed by atoms with Gasteiger partial charge in [0.15, 0.2) is 5.58 Å². The van der Waals surface area contributed by atoms with Crippen molar-refractivity contribution in [3.8, 4) is 0 Å². The zero-order valence-electron chi connectivity index (χ0n) is 12.7. The maximum atomic E-state index is 11.0. The summed E-state index contributed by atoms with van der Waals surface area (Å²) >= 11 is 1.18. The van der Waals surface area contributed by atoms with E-state index in [1.807, 2.05) is 24.3 Å². The number of halogens is 2. The molecular weight excluding hydrogens is 441 g/mol. The van der Waals surface area contributed by atoms with Crippen molar-refractivity contribution >= 4 is 72.0 Å². The fourth-order valence-corrected chi connectivity index (χ4v) is 4.77. The molecule has 2 aromatic heterocycles. The quantitative estimate of drug-likeness (QED) is 0.415. The van der Waals surface area contributed by atoms with Gasteiger partial charge in [0, 0.05) is 26.1 Å². The second kappa shape index (κ2) is 7.16. The van der Waals surface area contributed by atoms with Crippen molar-refractivity contribution in [2.24, 2.45) is 0 Å². The zero-order chi connectivity index (χ0) is 18.9. The minimum Gasteiger partial charge on any atom is -0.427 e. The molecule has 4 rings (SSSR count). The summed E-state index contributed by atoms with van der Waals surface area (Å²) in [6, 6.07) is 15.8. The fraction of sp³-hybridized carbons (Fsp3) is 0. The van der Waals surface area contributed by atoms with Crippen LogP contribution < -0.4 is 0 Å². The van der Waals surface area contributed by atoms with Crippen LogP contribution in [0.25, 0.3) is 21.2 Å². The van der Waals surface area contributed by atoms with Crippen molar-refractivity contribution in [3.05, 3.63) is 54.6 Å². The number of fused-ring (bicyclic) bond motifs is 2. The Bertz CT molecular complexity index is 1130. The van der Waals surface area contributed by atoms with Crippen LogP contribution in [0.5, 0.6) is 0 Å². The minimum absolute atomic E-state index is 0.204. The average molecular weight is 450 g/mol. The first-order chi connectivity index (χ1) is 12.1. The number of hydrogen-bond acceptors (Lipinski definition) is 7. The van der Waals surface area contributed by atoms with E-state index in [1.165, 1.54) is 11.3 Å². The summed E-state index contributed by atoms with van der Waals surface area (Å²) in [5.41, 5.74) is 0.878. The molecule has 6 nitrogen and oxygen atoms in total. The summed E-state index contributed by atoms with van der Waals surface area (Å²) < 4.78 is 49.6. The van der Waals surface area contributed by atoms with Gasteiger partial charge in [0.25, 0.3) is 9.05 Å². The highest BCUT2D eigenvalue weighted by Gasteiger charge is 2.18. The Morgan fingerprint density at radius 3 is 2.15 bits per heavy atom. The Hall–Kier alpha value is -1.65. The van der Waals surface area contributed by atoms with Crippen molar-refractivity contribution in [2.45, 2.75) is 9.43 Å². The molecule has 0 bridgehead atoms. The van der Waals surface area contributed by atoms with Gasteiger partial charge in [-0.25, -0.2) is 16.8 Å². The number of thiophene rings is 1. The van der Waals surface area contributed by atoms with E-state index < -0.39 is 23.3 Å². The van der Waals surface area contributed by atoms with Crippen LogP contribution in [0.2, 0.25) is 0 Å². The third-order valence-electron chi connectivity index (χ3n) is 3.13. The van der Waals surface area contributed by atoms with Crippen LogP contribution in [-0.2, 0) is 18.1 Å². The summed E-state index contributed by atoms with van der Waals surface area (Å²) in [5.74, 6) is 0. The number of nitrogens with zero attached hydrogens (tertiary/aromatic N) is 1. The lowest BCUT2D eigenvalue weighted by Gasteiger charge is -1.83. The molecule has 0 spiro atoms. The molecule has 0 unspecified atom stereocenters. The summed E-state index contributed by atoms with van der Waals surface area (Å²) in [6.07, 6.45) is 0. The van der Waals surface area contributed by atoms with E-state index in [4.69, 9.17) is 25.8 Å². The first-order valence-electron chi connectivity index (χ1n) is 6.88. The smallest absolute Gasteiger partial charge is 0.332 e. The Labute approximate surface area is 161 Å². The van der Waals surface area contributed by atoms with Crippen molar-refractivity contribution in [1.29, 1.82) is 0 Å².